The highest BCUT2D eigenvalue weighted by molar-refractivity contribution is 7.18. The molecule has 27 heavy (non-hydrogen) atoms. The number of rotatable bonds is 7. The summed E-state index contributed by atoms with van der Waals surface area (Å²) in [5.74, 6) is -0.387. The summed E-state index contributed by atoms with van der Waals surface area (Å²) in [5, 5.41) is 6.57. The molecule has 0 spiro atoms. The molecular weight excluding hydrogens is 366 g/mol. The second kappa shape index (κ2) is 9.85. The van der Waals surface area contributed by atoms with Crippen LogP contribution in [0.15, 0.2) is 6.07 Å². The summed E-state index contributed by atoms with van der Waals surface area (Å²) in [6.07, 6.45) is 1.69. The van der Waals surface area contributed by atoms with Crippen LogP contribution in [0.2, 0.25) is 0 Å². The molecule has 0 bridgehead atoms. The van der Waals surface area contributed by atoms with Crippen LogP contribution in [-0.4, -0.2) is 55.0 Å². The molecule has 1 aliphatic rings. The zero-order valence-corrected chi connectivity index (χ0v) is 17.3. The van der Waals surface area contributed by atoms with Gasteiger partial charge in [0.15, 0.2) is 0 Å². The average molecular weight is 396 g/mol. The monoisotopic (exact) mass is 395 g/mol. The first-order chi connectivity index (χ1) is 12.8. The minimum absolute atomic E-state index is 0.0115. The number of aryl methyl sites for hydroxylation is 1. The van der Waals surface area contributed by atoms with Crippen molar-refractivity contribution in [2.24, 2.45) is 5.92 Å². The van der Waals surface area contributed by atoms with Gasteiger partial charge in [0.2, 0.25) is 11.8 Å². The van der Waals surface area contributed by atoms with Crippen molar-refractivity contribution in [1.82, 2.24) is 10.2 Å². The number of thiophene rings is 1. The van der Waals surface area contributed by atoms with Gasteiger partial charge in [0.05, 0.1) is 18.2 Å². The van der Waals surface area contributed by atoms with Crippen molar-refractivity contribution >= 4 is 34.1 Å². The molecule has 2 N–H and O–H groups in total. The highest BCUT2D eigenvalue weighted by Gasteiger charge is 2.23. The molecule has 7 nitrogen and oxygen atoms in total. The fourth-order valence-electron chi connectivity index (χ4n) is 2.93. The first-order valence-electron chi connectivity index (χ1n) is 9.40. The Labute approximate surface area is 164 Å². The van der Waals surface area contributed by atoms with Gasteiger partial charge in [0.1, 0.15) is 4.88 Å². The van der Waals surface area contributed by atoms with E-state index in [-0.39, 0.29) is 29.7 Å². The van der Waals surface area contributed by atoms with Crippen LogP contribution in [0.3, 0.4) is 0 Å². The summed E-state index contributed by atoms with van der Waals surface area (Å²) in [7, 11) is 0. The van der Waals surface area contributed by atoms with Crippen LogP contribution < -0.4 is 10.6 Å². The lowest BCUT2D eigenvalue weighted by Crippen LogP contribution is -2.47. The van der Waals surface area contributed by atoms with Gasteiger partial charge in [0, 0.05) is 25.0 Å². The minimum Gasteiger partial charge on any atom is -0.462 e. The van der Waals surface area contributed by atoms with Crippen molar-refractivity contribution in [3.8, 4) is 0 Å². The maximum atomic E-state index is 12.3. The van der Waals surface area contributed by atoms with E-state index in [2.05, 4.69) is 15.5 Å². The molecule has 2 amide bonds. The normalized spacial score (nSPS) is 15.6. The molecule has 1 aliphatic heterocycles. The first-order valence-corrected chi connectivity index (χ1v) is 10.2. The van der Waals surface area contributed by atoms with Gasteiger partial charge in [-0.3, -0.25) is 14.5 Å². The number of esters is 1. The van der Waals surface area contributed by atoms with Crippen LogP contribution in [0, 0.1) is 12.8 Å². The summed E-state index contributed by atoms with van der Waals surface area (Å²) in [5.41, 5.74) is 0.801. The molecular formula is C19H29N3O4S. The third kappa shape index (κ3) is 6.32. The Balaban J connectivity index is 1.79. The van der Waals surface area contributed by atoms with Crippen LogP contribution in [0.1, 0.15) is 48.8 Å². The van der Waals surface area contributed by atoms with E-state index in [0.29, 0.717) is 23.0 Å². The number of ether oxygens (including phenoxy) is 1. The number of hydrogen-bond acceptors (Lipinski definition) is 6. The number of piperidine rings is 1. The Morgan fingerprint density at radius 1 is 1.30 bits per heavy atom. The van der Waals surface area contributed by atoms with Crippen LogP contribution in [0.25, 0.3) is 0 Å². The SMILES string of the molecule is CCOC(=O)c1sc(NC(=O)CN2CCC(NC(=O)C(C)C)CC2)cc1C. The van der Waals surface area contributed by atoms with Crippen molar-refractivity contribution < 1.29 is 19.1 Å². The van der Waals surface area contributed by atoms with E-state index >= 15 is 0 Å². The van der Waals surface area contributed by atoms with Gasteiger partial charge in [0.25, 0.3) is 0 Å². The first kappa shape index (κ1) is 21.4. The number of nitrogens with one attached hydrogen (secondary N) is 2. The van der Waals surface area contributed by atoms with Gasteiger partial charge in [-0.1, -0.05) is 13.8 Å². The summed E-state index contributed by atoms with van der Waals surface area (Å²) < 4.78 is 5.02. The Morgan fingerprint density at radius 3 is 2.56 bits per heavy atom. The molecule has 1 fully saturated rings. The zero-order valence-electron chi connectivity index (χ0n) is 16.5. The van der Waals surface area contributed by atoms with E-state index in [1.54, 1.807) is 13.0 Å². The van der Waals surface area contributed by atoms with Crippen molar-refractivity contribution in [3.05, 3.63) is 16.5 Å². The number of amides is 2. The third-order valence-electron chi connectivity index (χ3n) is 4.47. The molecule has 1 saturated heterocycles. The Morgan fingerprint density at radius 2 is 1.96 bits per heavy atom. The van der Waals surface area contributed by atoms with Gasteiger partial charge in [-0.05, 0) is 38.3 Å². The maximum Gasteiger partial charge on any atom is 0.348 e. The lowest BCUT2D eigenvalue weighted by molar-refractivity contribution is -0.125. The summed E-state index contributed by atoms with van der Waals surface area (Å²) >= 11 is 1.24. The predicted octanol–water partition coefficient (Wildman–Crippen LogP) is 2.41. The highest BCUT2D eigenvalue weighted by atomic mass is 32.1. The van der Waals surface area contributed by atoms with E-state index in [9.17, 15) is 14.4 Å². The number of anilines is 1. The second-order valence-corrected chi connectivity index (χ2v) is 8.16. The highest BCUT2D eigenvalue weighted by Crippen LogP contribution is 2.27. The number of carbonyl (C=O) groups excluding carboxylic acids is 3. The third-order valence-corrected chi connectivity index (χ3v) is 5.60. The quantitative estimate of drug-likeness (QED) is 0.692. The van der Waals surface area contributed by atoms with E-state index in [1.807, 2.05) is 20.8 Å². The standard InChI is InChI=1S/C19H29N3O4S/c1-5-26-19(25)17-13(4)10-16(27-17)21-15(23)11-22-8-6-14(7-9-22)20-18(24)12(2)3/h10,12,14H,5-9,11H2,1-4H3,(H,20,24)(H,21,23). The lowest BCUT2D eigenvalue weighted by Gasteiger charge is -2.32. The van der Waals surface area contributed by atoms with Gasteiger partial charge in [-0.15, -0.1) is 11.3 Å². The molecule has 1 aromatic rings. The summed E-state index contributed by atoms with van der Waals surface area (Å²) in [6.45, 7) is 9.53. The van der Waals surface area contributed by atoms with Crippen molar-refractivity contribution in [1.29, 1.82) is 0 Å². The molecule has 1 aromatic heterocycles. The van der Waals surface area contributed by atoms with Gasteiger partial charge in [-0.25, -0.2) is 4.79 Å². The maximum absolute atomic E-state index is 12.3. The topological polar surface area (TPSA) is 87.7 Å². The van der Waals surface area contributed by atoms with Crippen molar-refractivity contribution in [2.45, 2.75) is 46.6 Å². The molecule has 0 atom stereocenters. The number of likely N-dealkylation sites (tertiary alicyclic amines) is 1. The molecule has 8 heteroatoms. The molecule has 0 aromatic carbocycles. The molecule has 0 radical (unpaired) electrons. The van der Waals surface area contributed by atoms with E-state index in [0.717, 1.165) is 31.5 Å². The van der Waals surface area contributed by atoms with E-state index < -0.39 is 0 Å². The fraction of sp³-hybridized carbons (Fsp3) is 0.632. The van der Waals surface area contributed by atoms with Crippen LogP contribution >= 0.6 is 11.3 Å². The molecule has 0 aliphatic carbocycles. The Bertz CT molecular complexity index is 678. The van der Waals surface area contributed by atoms with Crippen molar-refractivity contribution in [2.75, 3.05) is 31.6 Å². The Hall–Kier alpha value is -1.93. The minimum atomic E-state index is -0.356. The number of hydrogen-bond donors (Lipinski definition) is 2. The van der Waals surface area contributed by atoms with Crippen LogP contribution in [-0.2, 0) is 14.3 Å². The number of nitrogens with zero attached hydrogens (tertiary/aromatic N) is 1. The molecule has 2 heterocycles. The van der Waals surface area contributed by atoms with Gasteiger partial charge in [-0.2, -0.15) is 0 Å². The number of carbonyl (C=O) groups is 3. The largest absolute Gasteiger partial charge is 0.462 e. The second-order valence-electron chi connectivity index (χ2n) is 7.11. The molecule has 0 unspecified atom stereocenters. The fourth-order valence-corrected chi connectivity index (χ4v) is 3.91. The van der Waals surface area contributed by atoms with Crippen molar-refractivity contribution in [3.63, 3.8) is 0 Å². The summed E-state index contributed by atoms with van der Waals surface area (Å²) in [6, 6.07) is 1.98. The molecule has 2 rings (SSSR count). The Kier molecular flexibility index (Phi) is 7.79. The van der Waals surface area contributed by atoms with Gasteiger partial charge < -0.3 is 15.4 Å². The molecule has 150 valence electrons. The predicted molar refractivity (Wildman–Crippen MR) is 106 cm³/mol. The smallest absolute Gasteiger partial charge is 0.348 e. The van der Waals surface area contributed by atoms with E-state index in [1.165, 1.54) is 11.3 Å². The van der Waals surface area contributed by atoms with Crippen LogP contribution in [0.4, 0.5) is 5.00 Å². The average Bonchev–Trinajstić information content (AvgIpc) is 2.97. The lowest BCUT2D eigenvalue weighted by atomic mass is 10.0. The van der Waals surface area contributed by atoms with Crippen LogP contribution in [0.5, 0.6) is 0 Å². The van der Waals surface area contributed by atoms with E-state index in [4.69, 9.17) is 4.74 Å². The van der Waals surface area contributed by atoms with Gasteiger partial charge >= 0.3 is 5.97 Å². The molecule has 0 saturated carbocycles. The zero-order chi connectivity index (χ0) is 20.0. The summed E-state index contributed by atoms with van der Waals surface area (Å²) in [4.78, 5) is 38.6.